The molecule has 2 heterocycles. The van der Waals surface area contributed by atoms with Crippen molar-refractivity contribution in [3.63, 3.8) is 0 Å². The zero-order valence-electron chi connectivity index (χ0n) is 9.76. The van der Waals surface area contributed by atoms with E-state index in [1.165, 1.54) is 6.07 Å². The molecule has 0 bridgehead atoms. The van der Waals surface area contributed by atoms with Crippen molar-refractivity contribution in [3.05, 3.63) is 41.3 Å². The quantitative estimate of drug-likeness (QED) is 0.806. The SMILES string of the molecule is N#Cc1[nH]c2c(F)cccc2c1C1=CCCNC1. The molecule has 0 atom stereocenters. The summed E-state index contributed by atoms with van der Waals surface area (Å²) in [5.41, 5.74) is 2.74. The standard InChI is InChI=1S/C14H12FN3/c15-11-5-1-4-10-13(9-3-2-6-17-8-9)12(7-16)18-14(10)11/h1,3-5,17-18H,2,6,8H2. The molecular weight excluding hydrogens is 229 g/mol. The van der Waals surface area contributed by atoms with Gasteiger partial charge in [0, 0.05) is 17.5 Å². The van der Waals surface area contributed by atoms with Crippen LogP contribution in [0.5, 0.6) is 0 Å². The molecule has 18 heavy (non-hydrogen) atoms. The summed E-state index contributed by atoms with van der Waals surface area (Å²) in [6, 6.07) is 7.04. The third-order valence-electron chi connectivity index (χ3n) is 3.24. The van der Waals surface area contributed by atoms with Gasteiger partial charge in [0.05, 0.1) is 5.52 Å². The second kappa shape index (κ2) is 4.28. The number of nitrogens with one attached hydrogen (secondary N) is 2. The van der Waals surface area contributed by atoms with Gasteiger partial charge in [0.15, 0.2) is 0 Å². The lowest BCUT2D eigenvalue weighted by Gasteiger charge is -2.14. The lowest BCUT2D eigenvalue weighted by Crippen LogP contribution is -2.21. The summed E-state index contributed by atoms with van der Waals surface area (Å²) in [5, 5.41) is 13.2. The Labute approximate surface area is 104 Å². The van der Waals surface area contributed by atoms with Gasteiger partial charge < -0.3 is 10.3 Å². The predicted molar refractivity (Wildman–Crippen MR) is 68.4 cm³/mol. The van der Waals surface area contributed by atoms with E-state index in [4.69, 9.17) is 0 Å². The van der Waals surface area contributed by atoms with Crippen LogP contribution in [0.1, 0.15) is 17.7 Å². The van der Waals surface area contributed by atoms with Gasteiger partial charge in [-0.2, -0.15) is 5.26 Å². The van der Waals surface area contributed by atoms with Crippen LogP contribution in [0.25, 0.3) is 16.5 Å². The fraction of sp³-hybridized carbons (Fsp3) is 0.214. The Balaban J connectivity index is 2.30. The fourth-order valence-corrected chi connectivity index (χ4v) is 2.43. The van der Waals surface area contributed by atoms with Crippen LogP contribution in [0.4, 0.5) is 4.39 Å². The van der Waals surface area contributed by atoms with Gasteiger partial charge in [-0.1, -0.05) is 18.2 Å². The second-order valence-electron chi connectivity index (χ2n) is 4.34. The van der Waals surface area contributed by atoms with Gasteiger partial charge in [0.1, 0.15) is 17.6 Å². The number of H-pyrrole nitrogens is 1. The molecule has 1 aliphatic heterocycles. The number of fused-ring (bicyclic) bond motifs is 1. The molecule has 90 valence electrons. The summed E-state index contributed by atoms with van der Waals surface area (Å²) in [4.78, 5) is 2.87. The van der Waals surface area contributed by atoms with E-state index < -0.39 is 0 Å². The zero-order valence-corrected chi connectivity index (χ0v) is 9.76. The number of benzene rings is 1. The highest BCUT2D eigenvalue weighted by Gasteiger charge is 2.18. The smallest absolute Gasteiger partial charge is 0.147 e. The minimum absolute atomic E-state index is 0.320. The monoisotopic (exact) mass is 241 g/mol. The lowest BCUT2D eigenvalue weighted by atomic mass is 9.99. The molecule has 0 saturated heterocycles. The Morgan fingerprint density at radius 1 is 1.33 bits per heavy atom. The van der Waals surface area contributed by atoms with Gasteiger partial charge in [0.2, 0.25) is 0 Å². The van der Waals surface area contributed by atoms with Crippen LogP contribution in [-0.2, 0) is 0 Å². The van der Waals surface area contributed by atoms with E-state index in [1.807, 2.05) is 6.07 Å². The van der Waals surface area contributed by atoms with Crippen molar-refractivity contribution in [2.75, 3.05) is 13.1 Å². The first-order valence-corrected chi connectivity index (χ1v) is 5.91. The van der Waals surface area contributed by atoms with E-state index in [0.717, 1.165) is 36.0 Å². The van der Waals surface area contributed by atoms with Crippen molar-refractivity contribution in [1.82, 2.24) is 10.3 Å². The minimum Gasteiger partial charge on any atom is -0.343 e. The molecule has 0 saturated carbocycles. The highest BCUT2D eigenvalue weighted by Crippen LogP contribution is 2.30. The third kappa shape index (κ3) is 1.60. The molecule has 0 unspecified atom stereocenters. The average molecular weight is 241 g/mol. The van der Waals surface area contributed by atoms with E-state index in [9.17, 15) is 9.65 Å². The molecule has 2 N–H and O–H groups in total. The number of halogens is 1. The second-order valence-corrected chi connectivity index (χ2v) is 4.34. The molecule has 2 aromatic rings. The van der Waals surface area contributed by atoms with Gasteiger partial charge in [-0.25, -0.2) is 4.39 Å². The highest BCUT2D eigenvalue weighted by molar-refractivity contribution is 5.96. The Morgan fingerprint density at radius 3 is 2.94 bits per heavy atom. The van der Waals surface area contributed by atoms with Gasteiger partial charge in [-0.3, -0.25) is 0 Å². The maximum Gasteiger partial charge on any atom is 0.147 e. The third-order valence-corrected chi connectivity index (χ3v) is 3.24. The van der Waals surface area contributed by atoms with E-state index in [-0.39, 0.29) is 5.82 Å². The van der Waals surface area contributed by atoms with Crippen molar-refractivity contribution < 1.29 is 4.39 Å². The molecule has 0 aliphatic carbocycles. The molecular formula is C14H12FN3. The number of rotatable bonds is 1. The molecule has 4 heteroatoms. The molecule has 0 radical (unpaired) electrons. The van der Waals surface area contributed by atoms with E-state index in [2.05, 4.69) is 22.4 Å². The van der Waals surface area contributed by atoms with E-state index in [1.54, 1.807) is 6.07 Å². The largest absolute Gasteiger partial charge is 0.343 e. The lowest BCUT2D eigenvalue weighted by molar-refractivity contribution is 0.637. The summed E-state index contributed by atoms with van der Waals surface area (Å²) in [6.45, 7) is 1.67. The van der Waals surface area contributed by atoms with Gasteiger partial charge in [-0.15, -0.1) is 0 Å². The maximum atomic E-state index is 13.7. The van der Waals surface area contributed by atoms with Gasteiger partial charge >= 0.3 is 0 Å². The van der Waals surface area contributed by atoms with Crippen molar-refractivity contribution in [2.45, 2.75) is 6.42 Å². The highest BCUT2D eigenvalue weighted by atomic mass is 19.1. The average Bonchev–Trinajstić information content (AvgIpc) is 2.80. The summed E-state index contributed by atoms with van der Waals surface area (Å²) in [7, 11) is 0. The van der Waals surface area contributed by atoms with Crippen LogP contribution < -0.4 is 5.32 Å². The first-order chi connectivity index (χ1) is 8.81. The van der Waals surface area contributed by atoms with Crippen LogP contribution in [0.2, 0.25) is 0 Å². The number of hydrogen-bond acceptors (Lipinski definition) is 2. The van der Waals surface area contributed by atoms with Crippen LogP contribution >= 0.6 is 0 Å². The number of hydrogen-bond donors (Lipinski definition) is 2. The number of para-hydroxylation sites is 1. The number of nitriles is 1. The molecule has 3 nitrogen and oxygen atoms in total. The molecule has 0 fully saturated rings. The van der Waals surface area contributed by atoms with Crippen molar-refractivity contribution >= 4 is 16.5 Å². The molecule has 3 rings (SSSR count). The fourth-order valence-electron chi connectivity index (χ4n) is 2.43. The zero-order chi connectivity index (χ0) is 12.5. The van der Waals surface area contributed by atoms with E-state index >= 15 is 0 Å². The summed E-state index contributed by atoms with van der Waals surface area (Å²) < 4.78 is 13.7. The minimum atomic E-state index is -0.320. The Kier molecular flexibility index (Phi) is 2.62. The van der Waals surface area contributed by atoms with Crippen LogP contribution in [-0.4, -0.2) is 18.1 Å². The Bertz CT molecular complexity index is 676. The van der Waals surface area contributed by atoms with Crippen LogP contribution in [0.3, 0.4) is 0 Å². The number of aromatic amines is 1. The molecule has 0 amide bonds. The Hall–Kier alpha value is -2.12. The van der Waals surface area contributed by atoms with Crippen molar-refractivity contribution in [2.24, 2.45) is 0 Å². The first kappa shape index (κ1) is 11.0. The topological polar surface area (TPSA) is 51.6 Å². The maximum absolute atomic E-state index is 13.7. The normalized spacial score (nSPS) is 15.4. The summed E-state index contributed by atoms with van der Waals surface area (Å²) >= 11 is 0. The molecule has 1 aromatic carbocycles. The van der Waals surface area contributed by atoms with Crippen molar-refractivity contribution in [3.8, 4) is 6.07 Å². The van der Waals surface area contributed by atoms with Gasteiger partial charge in [0.25, 0.3) is 0 Å². The Morgan fingerprint density at radius 2 is 2.22 bits per heavy atom. The van der Waals surface area contributed by atoms with Crippen LogP contribution in [0.15, 0.2) is 24.3 Å². The van der Waals surface area contributed by atoms with Gasteiger partial charge in [-0.05, 0) is 24.6 Å². The summed E-state index contributed by atoms with van der Waals surface area (Å²) in [6.07, 6.45) is 3.05. The van der Waals surface area contributed by atoms with Crippen molar-refractivity contribution in [1.29, 1.82) is 5.26 Å². The predicted octanol–water partition coefficient (Wildman–Crippen LogP) is 2.56. The first-order valence-electron chi connectivity index (χ1n) is 5.91. The number of aromatic nitrogens is 1. The van der Waals surface area contributed by atoms with Crippen LogP contribution in [0, 0.1) is 17.1 Å². The molecule has 0 spiro atoms. The molecule has 1 aliphatic rings. The van der Waals surface area contributed by atoms with E-state index in [0.29, 0.717) is 11.2 Å². The molecule has 1 aromatic heterocycles. The number of nitrogens with zero attached hydrogens (tertiary/aromatic N) is 1. The summed E-state index contributed by atoms with van der Waals surface area (Å²) in [5.74, 6) is -0.320.